The van der Waals surface area contributed by atoms with Gasteiger partial charge in [-0.05, 0) is 25.0 Å². The average molecular weight is 481 g/mol. The van der Waals surface area contributed by atoms with Crippen molar-refractivity contribution >= 4 is 49.1 Å². The number of H-pyrrole nitrogens is 2. The SMILES string of the molecule is CCCCC(=O)[O-].Cc1[nH+]c2ccccc2s1.Cc1[nH+]c2ccccc2s1.[Br-]. The lowest BCUT2D eigenvalue weighted by Crippen LogP contribution is -3.00. The van der Waals surface area contributed by atoms with Crippen LogP contribution in [0.5, 0.6) is 0 Å². The number of carbonyl (C=O) groups excluding carboxylic acids is 1. The van der Waals surface area contributed by atoms with Crippen LogP contribution in [0.3, 0.4) is 0 Å². The number of aliphatic carboxylic acids is 1. The van der Waals surface area contributed by atoms with Crippen LogP contribution in [0.2, 0.25) is 0 Å². The molecule has 2 aromatic heterocycles. The number of aromatic nitrogens is 2. The molecule has 4 rings (SSSR count). The van der Waals surface area contributed by atoms with Gasteiger partial charge in [0.25, 0.3) is 0 Å². The van der Waals surface area contributed by atoms with Crippen LogP contribution < -0.4 is 32.1 Å². The van der Waals surface area contributed by atoms with Crippen LogP contribution in [0.4, 0.5) is 0 Å². The van der Waals surface area contributed by atoms with Gasteiger partial charge in [-0.25, -0.2) is 0 Å². The van der Waals surface area contributed by atoms with Gasteiger partial charge in [0.05, 0.1) is 0 Å². The molecule has 0 unspecified atom stereocenters. The number of rotatable bonds is 3. The average Bonchev–Trinajstić information content (AvgIpc) is 3.21. The Morgan fingerprint density at radius 2 is 1.32 bits per heavy atom. The first-order chi connectivity index (χ1) is 13.0. The van der Waals surface area contributed by atoms with Crippen LogP contribution in [-0.4, -0.2) is 5.97 Å². The number of thiazole rings is 2. The number of carboxylic acid groups (broad SMARTS) is 1. The number of unbranched alkanes of at least 4 members (excludes halogenated alkanes) is 1. The zero-order chi connectivity index (χ0) is 19.6. The highest BCUT2D eigenvalue weighted by Crippen LogP contribution is 2.17. The van der Waals surface area contributed by atoms with Gasteiger partial charge in [-0.3, -0.25) is 0 Å². The topological polar surface area (TPSA) is 68.4 Å². The summed E-state index contributed by atoms with van der Waals surface area (Å²) in [5.74, 6) is -0.943. The molecule has 0 aliphatic heterocycles. The van der Waals surface area contributed by atoms with Crippen molar-refractivity contribution in [1.82, 2.24) is 0 Å². The van der Waals surface area contributed by atoms with Crippen molar-refractivity contribution in [3.63, 3.8) is 0 Å². The van der Waals surface area contributed by atoms with E-state index in [0.717, 1.165) is 12.8 Å². The van der Waals surface area contributed by atoms with Crippen LogP contribution in [0.25, 0.3) is 20.4 Å². The second kappa shape index (κ2) is 12.6. The standard InChI is InChI=1S/2C8H7NS.C5H10O2.BrH/c2*1-6-9-7-4-2-3-5-8(7)10-6;1-2-3-4-5(6)7;/h2*2-5H,1H3;2-4H2,1H3,(H,6,7);1H. The first-order valence-corrected chi connectivity index (χ1v) is 10.6. The fraction of sp³-hybridized carbons (Fsp3) is 0.286. The molecule has 2 heterocycles. The van der Waals surface area contributed by atoms with E-state index in [2.05, 4.69) is 60.2 Å². The van der Waals surface area contributed by atoms with E-state index in [4.69, 9.17) is 0 Å². The Labute approximate surface area is 184 Å². The highest BCUT2D eigenvalue weighted by atomic mass is 79.9. The lowest BCUT2D eigenvalue weighted by molar-refractivity contribution is -0.348. The number of carbonyl (C=O) groups is 1. The smallest absolute Gasteiger partial charge is 0.233 e. The molecule has 0 saturated carbocycles. The van der Waals surface area contributed by atoms with Crippen LogP contribution in [0.1, 0.15) is 36.2 Å². The molecule has 28 heavy (non-hydrogen) atoms. The molecule has 0 radical (unpaired) electrons. The maximum Gasteiger partial charge on any atom is 0.233 e. The molecule has 0 bridgehead atoms. The summed E-state index contributed by atoms with van der Waals surface area (Å²) in [6.45, 7) is 6.12. The normalized spacial score (nSPS) is 9.68. The molecule has 0 fully saturated rings. The fourth-order valence-corrected chi connectivity index (χ4v) is 4.13. The van der Waals surface area contributed by atoms with E-state index >= 15 is 0 Å². The Bertz CT molecular complexity index is 860. The molecule has 2 aromatic carbocycles. The first-order valence-electron chi connectivity index (χ1n) is 8.94. The Balaban J connectivity index is 0.000000211. The van der Waals surface area contributed by atoms with Crippen LogP contribution >= 0.6 is 22.7 Å². The van der Waals surface area contributed by atoms with Crippen LogP contribution in [0, 0.1) is 13.8 Å². The van der Waals surface area contributed by atoms with E-state index in [0.29, 0.717) is 0 Å². The van der Waals surface area contributed by atoms with Crippen LogP contribution in [-0.2, 0) is 4.79 Å². The molecule has 150 valence electrons. The van der Waals surface area contributed by atoms with Crippen molar-refractivity contribution in [2.75, 3.05) is 0 Å². The number of hydrogen-bond donors (Lipinski definition) is 0. The highest BCUT2D eigenvalue weighted by molar-refractivity contribution is 7.18. The number of aromatic amines is 2. The van der Waals surface area contributed by atoms with Crippen molar-refractivity contribution in [3.05, 3.63) is 58.5 Å². The second-order valence-electron chi connectivity index (χ2n) is 6.03. The molecule has 0 saturated heterocycles. The summed E-state index contributed by atoms with van der Waals surface area (Å²) in [6, 6.07) is 16.7. The molecule has 2 N–H and O–H groups in total. The fourth-order valence-electron chi connectivity index (χ4n) is 2.40. The van der Waals surface area contributed by atoms with Gasteiger partial charge >= 0.3 is 0 Å². The minimum Gasteiger partial charge on any atom is -1.00 e. The summed E-state index contributed by atoms with van der Waals surface area (Å²) in [5, 5.41) is 12.2. The molecule has 7 heteroatoms. The monoisotopic (exact) mass is 480 g/mol. The largest absolute Gasteiger partial charge is 1.00 e. The number of para-hydroxylation sites is 2. The van der Waals surface area contributed by atoms with Gasteiger partial charge in [0.1, 0.15) is 9.40 Å². The predicted molar refractivity (Wildman–Crippen MR) is 111 cm³/mol. The zero-order valence-electron chi connectivity index (χ0n) is 16.3. The third-order valence-corrected chi connectivity index (χ3v) is 5.62. The Morgan fingerprint density at radius 3 is 1.64 bits per heavy atom. The molecule has 0 spiro atoms. The molecular formula is C21H25BrN2O2S2. The van der Waals surface area contributed by atoms with Crippen molar-refractivity contribution in [3.8, 4) is 0 Å². The Kier molecular flexibility index (Phi) is 10.9. The molecule has 0 aliphatic rings. The quantitative estimate of drug-likeness (QED) is 0.438. The lowest BCUT2D eigenvalue weighted by Gasteiger charge is -1.95. The molecule has 0 amide bonds. The molecule has 0 aliphatic carbocycles. The maximum absolute atomic E-state index is 9.65. The Hall–Kier alpha value is -1.83. The van der Waals surface area contributed by atoms with Gasteiger partial charge < -0.3 is 26.9 Å². The van der Waals surface area contributed by atoms with E-state index in [1.807, 2.05) is 19.1 Å². The summed E-state index contributed by atoms with van der Waals surface area (Å²) in [6.07, 6.45) is 1.87. The van der Waals surface area contributed by atoms with Crippen molar-refractivity contribution < 1.29 is 36.9 Å². The van der Waals surface area contributed by atoms with Gasteiger partial charge in [-0.15, -0.1) is 0 Å². The molecule has 4 aromatic rings. The number of nitrogens with one attached hydrogen (secondary N) is 2. The second-order valence-corrected chi connectivity index (χ2v) is 8.55. The highest BCUT2D eigenvalue weighted by Gasteiger charge is 2.04. The predicted octanol–water partition coefficient (Wildman–Crippen LogP) is 0.978. The van der Waals surface area contributed by atoms with Crippen molar-refractivity contribution in [1.29, 1.82) is 0 Å². The minimum atomic E-state index is -0.943. The summed E-state index contributed by atoms with van der Waals surface area (Å²) in [7, 11) is 0. The number of fused-ring (bicyclic) bond motifs is 2. The number of carboxylic acids is 1. The number of halogens is 1. The van der Waals surface area contributed by atoms with Gasteiger partial charge in [0, 0.05) is 31.9 Å². The van der Waals surface area contributed by atoms with Crippen LogP contribution in [0.15, 0.2) is 48.5 Å². The first kappa shape index (κ1) is 24.2. The zero-order valence-corrected chi connectivity index (χ0v) is 19.5. The van der Waals surface area contributed by atoms with E-state index < -0.39 is 5.97 Å². The summed E-state index contributed by atoms with van der Waals surface area (Å²) >= 11 is 3.59. The van der Waals surface area contributed by atoms with Gasteiger partial charge in [0.15, 0.2) is 0 Å². The van der Waals surface area contributed by atoms with E-state index in [1.54, 1.807) is 22.7 Å². The number of hydrogen-bond acceptors (Lipinski definition) is 4. The third-order valence-electron chi connectivity index (χ3n) is 3.66. The summed E-state index contributed by atoms with van der Waals surface area (Å²) in [5.41, 5.74) is 2.48. The van der Waals surface area contributed by atoms with E-state index in [-0.39, 0.29) is 23.4 Å². The number of benzene rings is 2. The minimum absolute atomic E-state index is 0. The summed E-state index contributed by atoms with van der Waals surface area (Å²) < 4.78 is 2.67. The molecule has 0 atom stereocenters. The third kappa shape index (κ3) is 8.04. The summed E-state index contributed by atoms with van der Waals surface area (Å²) in [4.78, 5) is 16.2. The Morgan fingerprint density at radius 1 is 0.893 bits per heavy atom. The van der Waals surface area contributed by atoms with Gasteiger partial charge in [-0.1, -0.05) is 60.3 Å². The van der Waals surface area contributed by atoms with Crippen molar-refractivity contribution in [2.24, 2.45) is 0 Å². The molecular weight excluding hydrogens is 456 g/mol. The van der Waals surface area contributed by atoms with Crippen molar-refractivity contribution in [2.45, 2.75) is 40.0 Å². The van der Waals surface area contributed by atoms with E-state index in [1.165, 1.54) is 30.4 Å². The van der Waals surface area contributed by atoms with Gasteiger partial charge in [-0.2, -0.15) is 9.97 Å². The molecule has 4 nitrogen and oxygen atoms in total. The van der Waals surface area contributed by atoms with Gasteiger partial charge in [0.2, 0.25) is 21.0 Å². The maximum atomic E-state index is 9.65. The number of aryl methyl sites for hydroxylation is 2. The lowest BCUT2D eigenvalue weighted by atomic mass is 10.3. The van der Waals surface area contributed by atoms with E-state index in [9.17, 15) is 9.90 Å².